The first-order valence-corrected chi connectivity index (χ1v) is 5.50. The summed E-state index contributed by atoms with van der Waals surface area (Å²) in [6.45, 7) is 1.54. The smallest absolute Gasteiger partial charge is 0.179 e. The fraction of sp³-hybridized carbons (Fsp3) is 0.556. The molecule has 3 nitrogen and oxygen atoms in total. The van der Waals surface area contributed by atoms with Crippen molar-refractivity contribution in [3.63, 3.8) is 0 Å². The summed E-state index contributed by atoms with van der Waals surface area (Å²) in [6, 6.07) is 1.88. The monoisotopic (exact) mass is 196 g/mol. The fourth-order valence-electron chi connectivity index (χ4n) is 1.50. The summed E-state index contributed by atoms with van der Waals surface area (Å²) in [5.41, 5.74) is 1.66. The van der Waals surface area contributed by atoms with Gasteiger partial charge in [-0.25, -0.2) is 0 Å². The van der Waals surface area contributed by atoms with E-state index in [9.17, 15) is 4.79 Å². The third-order valence-electron chi connectivity index (χ3n) is 2.23. The molecular weight excluding hydrogens is 184 g/mol. The number of carbonyl (C=O) groups excluding carboxylic acids is 1. The molecule has 13 heavy (non-hydrogen) atoms. The second-order valence-electron chi connectivity index (χ2n) is 3.27. The van der Waals surface area contributed by atoms with Gasteiger partial charge < -0.3 is 0 Å². The highest BCUT2D eigenvalue weighted by Crippen LogP contribution is 2.38. The molecule has 0 aliphatic carbocycles. The van der Waals surface area contributed by atoms with Gasteiger partial charge in [-0.05, 0) is 24.7 Å². The highest BCUT2D eigenvalue weighted by Gasteiger charge is 2.20. The Hall–Kier alpha value is -0.770. The molecule has 1 N–H and O–H groups in total. The molecule has 1 aliphatic heterocycles. The van der Waals surface area contributed by atoms with Gasteiger partial charge in [-0.2, -0.15) is 16.9 Å². The molecule has 1 aliphatic rings. The van der Waals surface area contributed by atoms with E-state index in [1.54, 1.807) is 6.92 Å². The number of Topliss-reactive ketones (excluding diaryl/α,β-unsaturated/α-hetero) is 1. The SMILES string of the molecule is CC(=O)c1cc(C2CCCS2)[nH]n1. The zero-order chi connectivity index (χ0) is 9.26. The Bertz CT molecular complexity index is 315. The Labute approximate surface area is 81.3 Å². The largest absolute Gasteiger partial charge is 0.293 e. The Morgan fingerprint density at radius 2 is 2.62 bits per heavy atom. The number of aromatic nitrogens is 2. The maximum atomic E-state index is 11.0. The summed E-state index contributed by atoms with van der Waals surface area (Å²) >= 11 is 1.94. The van der Waals surface area contributed by atoms with Gasteiger partial charge in [-0.1, -0.05) is 0 Å². The van der Waals surface area contributed by atoms with Crippen LogP contribution in [0, 0.1) is 0 Å². The number of rotatable bonds is 2. The molecule has 0 spiro atoms. The summed E-state index contributed by atoms with van der Waals surface area (Å²) in [5, 5.41) is 7.44. The third kappa shape index (κ3) is 1.77. The Morgan fingerprint density at radius 1 is 1.77 bits per heavy atom. The predicted octanol–water partition coefficient (Wildman–Crippen LogP) is 2.18. The van der Waals surface area contributed by atoms with Crippen molar-refractivity contribution < 1.29 is 4.79 Å². The molecule has 1 aromatic heterocycles. The molecule has 0 radical (unpaired) electrons. The van der Waals surface area contributed by atoms with Crippen molar-refractivity contribution >= 4 is 17.5 Å². The molecule has 0 amide bonds. The zero-order valence-corrected chi connectivity index (χ0v) is 8.36. The van der Waals surface area contributed by atoms with Crippen LogP contribution in [0.5, 0.6) is 0 Å². The van der Waals surface area contributed by atoms with Crippen LogP contribution in [0.2, 0.25) is 0 Å². The van der Waals surface area contributed by atoms with Crippen molar-refractivity contribution in [2.24, 2.45) is 0 Å². The molecular formula is C9H12N2OS. The first kappa shape index (κ1) is 8.81. The van der Waals surface area contributed by atoms with Gasteiger partial charge in [0.2, 0.25) is 0 Å². The Balaban J connectivity index is 2.16. The molecule has 1 aromatic rings. The number of thioether (sulfide) groups is 1. The second kappa shape index (κ2) is 3.54. The number of hydrogen-bond donors (Lipinski definition) is 1. The minimum Gasteiger partial charge on any atom is -0.293 e. The Kier molecular flexibility index (Phi) is 2.40. The first-order chi connectivity index (χ1) is 6.27. The topological polar surface area (TPSA) is 45.8 Å². The van der Waals surface area contributed by atoms with Crippen molar-refractivity contribution in [3.8, 4) is 0 Å². The van der Waals surface area contributed by atoms with Crippen LogP contribution < -0.4 is 0 Å². The van der Waals surface area contributed by atoms with Crippen molar-refractivity contribution in [2.45, 2.75) is 25.0 Å². The molecule has 1 saturated heterocycles. The molecule has 0 bridgehead atoms. The van der Waals surface area contributed by atoms with Gasteiger partial charge in [0.15, 0.2) is 5.78 Å². The van der Waals surface area contributed by atoms with Crippen LogP contribution in [0.15, 0.2) is 6.07 Å². The molecule has 2 heterocycles. The van der Waals surface area contributed by atoms with E-state index >= 15 is 0 Å². The summed E-state index contributed by atoms with van der Waals surface area (Å²) in [7, 11) is 0. The molecule has 2 rings (SSSR count). The van der Waals surface area contributed by atoms with E-state index in [0.29, 0.717) is 10.9 Å². The molecule has 0 saturated carbocycles. The summed E-state index contributed by atoms with van der Waals surface area (Å²) in [6.07, 6.45) is 2.47. The van der Waals surface area contributed by atoms with Crippen molar-refractivity contribution in [1.29, 1.82) is 0 Å². The lowest BCUT2D eigenvalue weighted by Gasteiger charge is -2.02. The van der Waals surface area contributed by atoms with Crippen LogP contribution in [0.4, 0.5) is 0 Å². The quantitative estimate of drug-likeness (QED) is 0.737. The van der Waals surface area contributed by atoms with Crippen LogP contribution in [0.3, 0.4) is 0 Å². The van der Waals surface area contributed by atoms with Gasteiger partial charge in [0.1, 0.15) is 5.69 Å². The van der Waals surface area contributed by atoms with Gasteiger partial charge in [0, 0.05) is 17.9 Å². The summed E-state index contributed by atoms with van der Waals surface area (Å²) < 4.78 is 0. The minimum absolute atomic E-state index is 0.0329. The van der Waals surface area contributed by atoms with E-state index in [0.717, 1.165) is 5.69 Å². The minimum atomic E-state index is 0.0329. The van der Waals surface area contributed by atoms with Crippen LogP contribution in [0.25, 0.3) is 0 Å². The molecule has 1 unspecified atom stereocenters. The van der Waals surface area contributed by atoms with E-state index in [2.05, 4.69) is 10.2 Å². The number of H-pyrrole nitrogens is 1. The molecule has 4 heteroatoms. The standard InChI is InChI=1S/C9H12N2OS/c1-6(12)7-5-8(11-10-7)9-3-2-4-13-9/h5,9H,2-4H2,1H3,(H,10,11). The lowest BCUT2D eigenvalue weighted by Crippen LogP contribution is -1.90. The molecule has 70 valence electrons. The molecule has 1 atom stereocenters. The van der Waals surface area contributed by atoms with E-state index in [1.165, 1.54) is 18.6 Å². The van der Waals surface area contributed by atoms with Gasteiger partial charge in [-0.15, -0.1) is 0 Å². The maximum absolute atomic E-state index is 11.0. The number of hydrogen-bond acceptors (Lipinski definition) is 3. The van der Waals surface area contributed by atoms with Gasteiger partial charge >= 0.3 is 0 Å². The average molecular weight is 196 g/mol. The molecule has 1 fully saturated rings. The van der Waals surface area contributed by atoms with E-state index in [4.69, 9.17) is 0 Å². The third-order valence-corrected chi connectivity index (χ3v) is 3.65. The average Bonchev–Trinajstić information content (AvgIpc) is 2.75. The number of aromatic amines is 1. The number of carbonyl (C=O) groups is 1. The van der Waals surface area contributed by atoms with E-state index < -0.39 is 0 Å². The fourth-order valence-corrected chi connectivity index (χ4v) is 2.76. The van der Waals surface area contributed by atoms with Crippen LogP contribution in [-0.2, 0) is 0 Å². The van der Waals surface area contributed by atoms with E-state index in [-0.39, 0.29) is 5.78 Å². The van der Waals surface area contributed by atoms with Crippen molar-refractivity contribution in [3.05, 3.63) is 17.5 Å². The van der Waals surface area contributed by atoms with Crippen LogP contribution in [0.1, 0.15) is 41.2 Å². The van der Waals surface area contributed by atoms with Gasteiger partial charge in [0.25, 0.3) is 0 Å². The maximum Gasteiger partial charge on any atom is 0.179 e. The van der Waals surface area contributed by atoms with Crippen LogP contribution in [-0.4, -0.2) is 21.7 Å². The predicted molar refractivity (Wildman–Crippen MR) is 53.0 cm³/mol. The number of nitrogens with zero attached hydrogens (tertiary/aromatic N) is 1. The van der Waals surface area contributed by atoms with Gasteiger partial charge in [-0.3, -0.25) is 9.89 Å². The zero-order valence-electron chi connectivity index (χ0n) is 7.54. The number of nitrogens with one attached hydrogen (secondary N) is 1. The Morgan fingerprint density at radius 3 is 3.15 bits per heavy atom. The summed E-state index contributed by atoms with van der Waals surface area (Å²) in [5.74, 6) is 1.25. The van der Waals surface area contributed by atoms with Crippen molar-refractivity contribution in [2.75, 3.05) is 5.75 Å². The normalized spacial score (nSPS) is 22.1. The van der Waals surface area contributed by atoms with Gasteiger partial charge in [0.05, 0.1) is 0 Å². The highest BCUT2D eigenvalue weighted by molar-refractivity contribution is 7.99. The lowest BCUT2D eigenvalue weighted by atomic mass is 10.2. The van der Waals surface area contributed by atoms with Crippen molar-refractivity contribution in [1.82, 2.24) is 10.2 Å². The van der Waals surface area contributed by atoms with E-state index in [1.807, 2.05) is 17.8 Å². The lowest BCUT2D eigenvalue weighted by molar-refractivity contribution is 0.101. The first-order valence-electron chi connectivity index (χ1n) is 4.45. The molecule has 0 aromatic carbocycles. The number of ketones is 1. The highest BCUT2D eigenvalue weighted by atomic mass is 32.2. The van der Waals surface area contributed by atoms with Crippen LogP contribution >= 0.6 is 11.8 Å². The second-order valence-corrected chi connectivity index (χ2v) is 4.58. The summed E-state index contributed by atoms with van der Waals surface area (Å²) in [4.78, 5) is 11.0.